The van der Waals surface area contributed by atoms with Gasteiger partial charge in [0.05, 0.1) is 5.75 Å². The summed E-state index contributed by atoms with van der Waals surface area (Å²) in [4.78, 5) is 22.5. The topological polar surface area (TPSA) is 57.6 Å². The second-order valence-electron chi connectivity index (χ2n) is 3.96. The van der Waals surface area contributed by atoms with Gasteiger partial charge in [0.15, 0.2) is 0 Å². The Kier molecular flexibility index (Phi) is 5.34. The summed E-state index contributed by atoms with van der Waals surface area (Å²) >= 11 is 4.19. The highest BCUT2D eigenvalue weighted by molar-refractivity contribution is 8.84. The average molecular weight is 305 g/mol. The molecule has 0 saturated carbocycles. The zero-order chi connectivity index (χ0) is 13.9. The van der Waals surface area contributed by atoms with Crippen LogP contribution in [0.1, 0.15) is 11.1 Å². The Morgan fingerprint density at radius 1 is 1.44 bits per heavy atom. The minimum absolute atomic E-state index is 0.0679. The molecule has 0 aliphatic carbocycles. The lowest BCUT2D eigenvalue weighted by Crippen LogP contribution is -2.29. The van der Waals surface area contributed by atoms with Gasteiger partial charge in [-0.1, -0.05) is 30.4 Å². The summed E-state index contributed by atoms with van der Waals surface area (Å²) in [7, 11) is 1.67. The minimum atomic E-state index is -3.51. The van der Waals surface area contributed by atoms with Gasteiger partial charge in [-0.15, -0.1) is 0 Å². The van der Waals surface area contributed by atoms with Crippen LogP contribution in [0.5, 0.6) is 0 Å². The van der Waals surface area contributed by atoms with Crippen molar-refractivity contribution in [2.45, 2.75) is 13.8 Å². The van der Waals surface area contributed by atoms with Crippen molar-refractivity contribution >= 4 is 41.0 Å². The van der Waals surface area contributed by atoms with Crippen molar-refractivity contribution < 1.29 is 14.3 Å². The van der Waals surface area contributed by atoms with E-state index in [0.717, 1.165) is 16.8 Å². The summed E-state index contributed by atoms with van der Waals surface area (Å²) in [6, 6.07) is 5.78. The highest BCUT2D eigenvalue weighted by Crippen LogP contribution is 2.58. The summed E-state index contributed by atoms with van der Waals surface area (Å²) in [6.45, 7) is 3.85. The number of amides is 1. The van der Waals surface area contributed by atoms with Crippen LogP contribution in [0.4, 0.5) is 5.69 Å². The predicted molar refractivity (Wildman–Crippen MR) is 80.6 cm³/mol. The summed E-state index contributed by atoms with van der Waals surface area (Å²) in [6.07, 6.45) is 0. The first-order valence-electron chi connectivity index (χ1n) is 5.25. The maximum atomic E-state index is 11.9. The van der Waals surface area contributed by atoms with Gasteiger partial charge < -0.3 is 9.79 Å². The monoisotopic (exact) mass is 305 g/mol. The van der Waals surface area contributed by atoms with Crippen LogP contribution in [0, 0.1) is 13.8 Å². The van der Waals surface area contributed by atoms with Gasteiger partial charge in [-0.25, -0.2) is 0 Å². The van der Waals surface area contributed by atoms with Crippen LogP contribution < -0.4 is 4.90 Å². The van der Waals surface area contributed by atoms with Crippen molar-refractivity contribution in [3.63, 3.8) is 0 Å². The van der Waals surface area contributed by atoms with Gasteiger partial charge >= 0.3 is 5.77 Å². The summed E-state index contributed by atoms with van der Waals surface area (Å²) in [5.41, 5.74) is 2.83. The number of hydrogen-bond donors (Lipinski definition) is 2. The molecular weight excluding hydrogens is 289 g/mol. The van der Waals surface area contributed by atoms with Crippen molar-refractivity contribution in [2.24, 2.45) is 0 Å². The third-order valence-corrected chi connectivity index (χ3v) is 5.65. The molecule has 1 N–H and O–H groups in total. The lowest BCUT2D eigenvalue weighted by molar-refractivity contribution is -0.115. The van der Waals surface area contributed by atoms with Gasteiger partial charge in [0.25, 0.3) is 0 Å². The molecule has 0 aliphatic heterocycles. The fraction of sp³-hybridized carbons (Fsp3) is 0.364. The molecule has 4 nitrogen and oxygen atoms in total. The fourth-order valence-electron chi connectivity index (χ4n) is 1.70. The normalized spacial score (nSPS) is 14.1. The van der Waals surface area contributed by atoms with Crippen LogP contribution in [0.3, 0.4) is 0 Å². The molecule has 1 aromatic carbocycles. The maximum Gasteiger partial charge on any atom is 0.308 e. The van der Waals surface area contributed by atoms with Gasteiger partial charge in [0.2, 0.25) is 5.91 Å². The molecule has 0 aliphatic rings. The summed E-state index contributed by atoms with van der Waals surface area (Å²) in [5, 5.41) is 0. The van der Waals surface area contributed by atoms with Gasteiger partial charge in [-0.2, -0.15) is 0 Å². The van der Waals surface area contributed by atoms with E-state index in [2.05, 4.69) is 12.2 Å². The third kappa shape index (κ3) is 4.35. The smallest absolute Gasteiger partial charge is 0.308 e. The molecule has 100 valence electrons. The average Bonchev–Trinajstić information content (AvgIpc) is 2.24. The first-order valence-corrected chi connectivity index (χ1v) is 9.65. The third-order valence-electron chi connectivity index (χ3n) is 2.51. The van der Waals surface area contributed by atoms with Crippen molar-refractivity contribution in [1.29, 1.82) is 0 Å². The van der Waals surface area contributed by atoms with Crippen molar-refractivity contribution in [3.05, 3.63) is 29.3 Å². The highest BCUT2D eigenvalue weighted by Gasteiger charge is 2.19. The molecule has 7 heteroatoms. The van der Waals surface area contributed by atoms with Gasteiger partial charge in [-0.05, 0) is 36.4 Å². The molecule has 0 saturated heterocycles. The lowest BCUT2D eigenvalue weighted by Gasteiger charge is -2.21. The number of aryl methyl sites for hydroxylation is 2. The Morgan fingerprint density at radius 3 is 2.39 bits per heavy atom. The molecular formula is C11H16NO3PS2. The van der Waals surface area contributed by atoms with E-state index in [-0.39, 0.29) is 11.7 Å². The van der Waals surface area contributed by atoms with Gasteiger partial charge in [0, 0.05) is 12.7 Å². The Balaban J connectivity index is 2.84. The molecule has 0 bridgehead atoms. The molecule has 1 atom stereocenters. The van der Waals surface area contributed by atoms with E-state index in [9.17, 15) is 9.36 Å². The number of carbonyl (C=O) groups excluding carboxylic acids is 1. The minimum Gasteiger partial charge on any atom is -0.329 e. The van der Waals surface area contributed by atoms with Crippen LogP contribution >= 0.6 is 29.4 Å². The number of hydrogen-bond acceptors (Lipinski definition) is 3. The maximum absolute atomic E-state index is 11.9. The number of para-hydroxylation sites is 1. The highest BCUT2D eigenvalue weighted by atomic mass is 33.1. The first-order chi connectivity index (χ1) is 8.22. The zero-order valence-electron chi connectivity index (χ0n) is 10.5. The quantitative estimate of drug-likeness (QED) is 0.663. The van der Waals surface area contributed by atoms with Gasteiger partial charge in [-0.3, -0.25) is 9.36 Å². The van der Waals surface area contributed by atoms with E-state index in [1.807, 2.05) is 32.0 Å². The van der Waals surface area contributed by atoms with E-state index < -0.39 is 5.77 Å². The fourth-order valence-corrected chi connectivity index (χ4v) is 3.52. The van der Waals surface area contributed by atoms with Crippen LogP contribution in [-0.2, 0) is 9.36 Å². The van der Waals surface area contributed by atoms with Crippen LogP contribution in [0.15, 0.2) is 18.2 Å². The molecule has 0 fully saturated rings. The molecule has 1 unspecified atom stereocenters. The first kappa shape index (κ1) is 15.6. The van der Waals surface area contributed by atoms with E-state index in [4.69, 9.17) is 4.89 Å². The van der Waals surface area contributed by atoms with Crippen LogP contribution in [0.2, 0.25) is 0 Å². The van der Waals surface area contributed by atoms with Crippen LogP contribution in [0.25, 0.3) is 0 Å². The van der Waals surface area contributed by atoms with Crippen molar-refractivity contribution in [1.82, 2.24) is 0 Å². The van der Waals surface area contributed by atoms with E-state index >= 15 is 0 Å². The Morgan fingerprint density at radius 2 is 1.94 bits per heavy atom. The van der Waals surface area contributed by atoms with E-state index in [1.165, 1.54) is 4.90 Å². The zero-order valence-corrected chi connectivity index (χ0v) is 13.1. The standard InChI is InChI=1S/C11H16NO3PS2/c1-8-5-4-6-9(2)11(8)12(3)10(13)7-18-16(14,15)17/h4-6H,7H2,1-3H3,(H2,14,15,17). The van der Waals surface area contributed by atoms with Crippen molar-refractivity contribution in [3.8, 4) is 0 Å². The predicted octanol–water partition coefficient (Wildman–Crippen LogP) is 3.03. The summed E-state index contributed by atoms with van der Waals surface area (Å²) in [5.74, 6) is -3.80. The number of nitrogens with zero attached hydrogens (tertiary/aromatic N) is 1. The van der Waals surface area contributed by atoms with E-state index in [1.54, 1.807) is 7.05 Å². The molecule has 0 radical (unpaired) electrons. The van der Waals surface area contributed by atoms with Crippen molar-refractivity contribution in [2.75, 3.05) is 17.7 Å². The second-order valence-corrected chi connectivity index (χ2v) is 10.2. The largest absolute Gasteiger partial charge is 0.329 e. The molecule has 0 aromatic heterocycles. The lowest BCUT2D eigenvalue weighted by atomic mass is 10.1. The van der Waals surface area contributed by atoms with Gasteiger partial charge in [0.1, 0.15) is 0 Å². The molecule has 0 heterocycles. The number of thiol groups is 1. The Bertz CT molecular complexity index is 481. The number of carbonyl (C=O) groups is 1. The molecule has 1 aromatic rings. The number of benzene rings is 1. The second kappa shape index (κ2) is 6.15. The summed E-state index contributed by atoms with van der Waals surface area (Å²) < 4.78 is 11.0. The molecule has 0 spiro atoms. The SMILES string of the molecule is Cc1cccc(C)c1N(C)C(=O)CSP(=O)(O)S. The molecule has 1 amide bonds. The molecule has 1 rings (SSSR count). The number of rotatable bonds is 4. The van der Waals surface area contributed by atoms with Crippen LogP contribution in [-0.4, -0.2) is 23.6 Å². The Hall–Kier alpha value is -0.420. The molecule has 18 heavy (non-hydrogen) atoms. The Labute approximate surface area is 116 Å². The number of anilines is 1. The van der Waals surface area contributed by atoms with E-state index in [0.29, 0.717) is 11.4 Å².